The van der Waals surface area contributed by atoms with Gasteiger partial charge in [-0.3, -0.25) is 14.7 Å². The monoisotopic (exact) mass is 328 g/mol. The lowest BCUT2D eigenvalue weighted by Gasteiger charge is -2.17. The molecular weight excluding hydrogens is 316 g/mol. The topological polar surface area (TPSA) is 42.4 Å². The highest BCUT2D eigenvalue weighted by Crippen LogP contribution is 2.39. The number of aromatic nitrogens is 1. The summed E-state index contributed by atoms with van der Waals surface area (Å²) >= 11 is 6.62. The summed E-state index contributed by atoms with van der Waals surface area (Å²) < 4.78 is 5.80. The van der Waals surface area contributed by atoms with Crippen molar-refractivity contribution in [1.82, 2.24) is 4.98 Å². The van der Waals surface area contributed by atoms with Gasteiger partial charge in [-0.25, -0.2) is 0 Å². The van der Waals surface area contributed by atoms with Gasteiger partial charge in [0.05, 0.1) is 23.4 Å². The zero-order valence-corrected chi connectivity index (χ0v) is 13.4. The van der Waals surface area contributed by atoms with Gasteiger partial charge in [0.1, 0.15) is 5.75 Å². The summed E-state index contributed by atoms with van der Waals surface area (Å²) in [5.41, 5.74) is 1.37. The number of nitrogens with zero attached hydrogens (tertiary/aromatic N) is 2. The molecule has 0 spiro atoms. The predicted octanol–water partition coefficient (Wildman–Crippen LogP) is 3.50. The van der Waals surface area contributed by atoms with Crippen LogP contribution in [0.15, 0.2) is 53.6 Å². The fourth-order valence-electron chi connectivity index (χ4n) is 2.09. The van der Waals surface area contributed by atoms with Crippen LogP contribution in [0.4, 0.5) is 5.69 Å². The van der Waals surface area contributed by atoms with E-state index < -0.39 is 0 Å². The Kier molecular flexibility index (Phi) is 4.22. The number of methoxy groups -OCH3 is 1. The van der Waals surface area contributed by atoms with Crippen molar-refractivity contribution in [2.45, 2.75) is 0 Å². The zero-order chi connectivity index (χ0) is 15.5. The second-order valence-corrected chi connectivity index (χ2v) is 6.12. The number of hydrogen-bond donors (Lipinski definition) is 0. The van der Waals surface area contributed by atoms with Crippen molar-refractivity contribution in [3.8, 4) is 5.75 Å². The van der Waals surface area contributed by atoms with E-state index >= 15 is 0 Å². The summed E-state index contributed by atoms with van der Waals surface area (Å²) in [6, 6.07) is 12.9. The lowest BCUT2D eigenvalue weighted by atomic mass is 10.2. The first-order valence-corrected chi connectivity index (χ1v) is 7.75. The Labute approximate surface area is 137 Å². The summed E-state index contributed by atoms with van der Waals surface area (Å²) in [6.07, 6.45) is 3.43. The van der Waals surface area contributed by atoms with E-state index in [4.69, 9.17) is 17.0 Å². The van der Waals surface area contributed by atoms with Crippen LogP contribution in [0.25, 0.3) is 6.08 Å². The SMILES string of the molecule is COc1ccccc1N1C(=O)/C(=C\c2ccccn2)SC1=S. The molecule has 0 radical (unpaired) electrons. The van der Waals surface area contributed by atoms with Gasteiger partial charge >= 0.3 is 0 Å². The standard InChI is InChI=1S/C16H12N2O2S2/c1-20-13-8-3-2-7-12(13)18-15(19)14(22-16(18)21)10-11-6-4-5-9-17-11/h2-10H,1H3/b14-10+. The molecule has 0 bridgehead atoms. The van der Waals surface area contributed by atoms with Gasteiger partial charge in [-0.1, -0.05) is 42.2 Å². The molecule has 0 atom stereocenters. The summed E-state index contributed by atoms with van der Waals surface area (Å²) in [6.45, 7) is 0. The molecule has 3 rings (SSSR count). The van der Waals surface area contributed by atoms with Gasteiger partial charge in [0.25, 0.3) is 5.91 Å². The highest BCUT2D eigenvalue weighted by atomic mass is 32.2. The molecule has 1 amide bonds. The second kappa shape index (κ2) is 6.29. The molecular formula is C16H12N2O2S2. The molecule has 1 fully saturated rings. The summed E-state index contributed by atoms with van der Waals surface area (Å²) in [5.74, 6) is 0.447. The fourth-order valence-corrected chi connectivity index (χ4v) is 3.36. The van der Waals surface area contributed by atoms with Crippen LogP contribution in [0.2, 0.25) is 0 Å². The van der Waals surface area contributed by atoms with Gasteiger partial charge in [-0.2, -0.15) is 0 Å². The Morgan fingerprint density at radius 1 is 1.23 bits per heavy atom. The molecule has 0 unspecified atom stereocenters. The van der Waals surface area contributed by atoms with Gasteiger partial charge in [0.15, 0.2) is 4.32 Å². The van der Waals surface area contributed by atoms with Crippen molar-refractivity contribution in [2.24, 2.45) is 0 Å². The summed E-state index contributed by atoms with van der Waals surface area (Å²) in [5, 5.41) is 0. The normalized spacial score (nSPS) is 16.4. The zero-order valence-electron chi connectivity index (χ0n) is 11.7. The Morgan fingerprint density at radius 2 is 2.00 bits per heavy atom. The van der Waals surface area contributed by atoms with Crippen LogP contribution < -0.4 is 9.64 Å². The van der Waals surface area contributed by atoms with E-state index in [1.165, 1.54) is 16.7 Å². The van der Waals surface area contributed by atoms with Gasteiger partial charge in [-0.15, -0.1) is 0 Å². The van der Waals surface area contributed by atoms with Crippen molar-refractivity contribution in [2.75, 3.05) is 12.0 Å². The molecule has 0 saturated carbocycles. The molecule has 1 aliphatic heterocycles. The summed E-state index contributed by atoms with van der Waals surface area (Å²) in [4.78, 5) is 18.9. The molecule has 0 N–H and O–H groups in total. The van der Waals surface area contributed by atoms with E-state index in [1.807, 2.05) is 36.4 Å². The highest BCUT2D eigenvalue weighted by molar-refractivity contribution is 8.27. The number of hydrogen-bond acceptors (Lipinski definition) is 5. The smallest absolute Gasteiger partial charge is 0.270 e. The summed E-state index contributed by atoms with van der Waals surface area (Å²) in [7, 11) is 1.57. The minimum Gasteiger partial charge on any atom is -0.495 e. The Bertz CT molecular complexity index is 760. The number of pyridine rings is 1. The molecule has 1 aromatic heterocycles. The number of benzene rings is 1. The van der Waals surface area contributed by atoms with Gasteiger partial charge < -0.3 is 4.74 Å². The molecule has 22 heavy (non-hydrogen) atoms. The Balaban J connectivity index is 1.97. The molecule has 2 aromatic rings. The van der Waals surface area contributed by atoms with E-state index in [9.17, 15) is 4.79 Å². The van der Waals surface area contributed by atoms with Crippen LogP contribution in [0.5, 0.6) is 5.75 Å². The Hall–Kier alpha value is -2.18. The van der Waals surface area contributed by atoms with E-state index in [-0.39, 0.29) is 5.91 Å². The third-order valence-corrected chi connectivity index (χ3v) is 4.39. The van der Waals surface area contributed by atoms with Gasteiger partial charge in [0, 0.05) is 6.20 Å². The number of carbonyl (C=O) groups is 1. The largest absolute Gasteiger partial charge is 0.495 e. The quantitative estimate of drug-likeness (QED) is 0.637. The fraction of sp³-hybridized carbons (Fsp3) is 0.0625. The van der Waals surface area contributed by atoms with E-state index in [1.54, 1.807) is 25.4 Å². The average molecular weight is 328 g/mol. The number of ether oxygens (including phenoxy) is 1. The van der Waals surface area contributed by atoms with Gasteiger partial charge in [0.2, 0.25) is 0 Å². The second-order valence-electron chi connectivity index (χ2n) is 4.44. The first-order valence-electron chi connectivity index (χ1n) is 6.52. The molecule has 6 heteroatoms. The third kappa shape index (κ3) is 2.75. The number of rotatable bonds is 3. The van der Waals surface area contributed by atoms with Crippen molar-refractivity contribution in [1.29, 1.82) is 0 Å². The van der Waals surface area contributed by atoms with Crippen molar-refractivity contribution < 1.29 is 9.53 Å². The highest BCUT2D eigenvalue weighted by Gasteiger charge is 2.34. The predicted molar refractivity (Wildman–Crippen MR) is 92.9 cm³/mol. The van der Waals surface area contributed by atoms with Crippen LogP contribution in [-0.2, 0) is 4.79 Å². The van der Waals surface area contributed by atoms with Crippen LogP contribution in [0.1, 0.15) is 5.69 Å². The third-order valence-electron chi connectivity index (χ3n) is 3.09. The maximum atomic E-state index is 12.7. The lowest BCUT2D eigenvalue weighted by molar-refractivity contribution is -0.113. The van der Waals surface area contributed by atoms with E-state index in [2.05, 4.69) is 4.98 Å². The molecule has 1 aliphatic rings. The number of carbonyl (C=O) groups excluding carboxylic acids is 1. The lowest BCUT2D eigenvalue weighted by Crippen LogP contribution is -2.27. The number of para-hydroxylation sites is 2. The van der Waals surface area contributed by atoms with Crippen molar-refractivity contribution in [3.63, 3.8) is 0 Å². The first-order chi connectivity index (χ1) is 10.7. The van der Waals surface area contributed by atoms with Crippen LogP contribution >= 0.6 is 24.0 Å². The number of thiocarbonyl (C=S) groups is 1. The van der Waals surface area contributed by atoms with Crippen LogP contribution in [0.3, 0.4) is 0 Å². The maximum Gasteiger partial charge on any atom is 0.270 e. The van der Waals surface area contributed by atoms with Gasteiger partial charge in [-0.05, 0) is 30.3 Å². The molecule has 0 aliphatic carbocycles. The number of anilines is 1. The molecule has 110 valence electrons. The minimum absolute atomic E-state index is 0.162. The molecule has 1 saturated heterocycles. The average Bonchev–Trinajstić information content (AvgIpc) is 2.82. The van der Waals surface area contributed by atoms with E-state index in [0.717, 1.165) is 5.69 Å². The first kappa shape index (κ1) is 14.7. The van der Waals surface area contributed by atoms with Crippen LogP contribution in [-0.4, -0.2) is 22.3 Å². The maximum absolute atomic E-state index is 12.7. The molecule has 2 heterocycles. The number of amides is 1. The Morgan fingerprint density at radius 3 is 2.73 bits per heavy atom. The van der Waals surface area contributed by atoms with Crippen LogP contribution in [0, 0.1) is 0 Å². The number of thioether (sulfide) groups is 1. The minimum atomic E-state index is -0.162. The van der Waals surface area contributed by atoms with Crippen molar-refractivity contribution >= 4 is 46.0 Å². The molecule has 4 nitrogen and oxygen atoms in total. The van der Waals surface area contributed by atoms with E-state index in [0.29, 0.717) is 20.7 Å². The van der Waals surface area contributed by atoms with Crippen molar-refractivity contribution in [3.05, 3.63) is 59.3 Å². The molecule has 1 aromatic carbocycles.